The molecule has 0 aromatic rings. The molecule has 68 valence electrons. The minimum atomic E-state index is -0.0598. The topological polar surface area (TPSA) is 48.1 Å². The van der Waals surface area contributed by atoms with Gasteiger partial charge in [-0.25, -0.2) is 0 Å². The molecule has 0 aromatic heterocycles. The van der Waals surface area contributed by atoms with Crippen LogP contribution in [0, 0.1) is 0 Å². The van der Waals surface area contributed by atoms with Gasteiger partial charge in [-0.15, -0.1) is 0 Å². The van der Waals surface area contributed by atoms with Gasteiger partial charge in [0.15, 0.2) is 0 Å². The molecule has 0 aromatic carbocycles. The van der Waals surface area contributed by atoms with E-state index in [1.54, 1.807) is 0 Å². The molecule has 0 saturated carbocycles. The van der Waals surface area contributed by atoms with Crippen molar-refractivity contribution in [1.82, 2.24) is 20.9 Å². The van der Waals surface area contributed by atoms with E-state index in [1.165, 1.54) is 0 Å². The average Bonchev–Trinajstić information content (AvgIpc) is 2.06. The summed E-state index contributed by atoms with van der Waals surface area (Å²) < 4.78 is 0. The summed E-state index contributed by atoms with van der Waals surface area (Å²) in [7, 11) is 6.80. The van der Waals surface area contributed by atoms with Crippen LogP contribution in [0.15, 0.2) is 0 Å². The van der Waals surface area contributed by atoms with Crippen LogP contribution in [0.3, 0.4) is 0 Å². The molecule has 0 heterocycles. The zero-order valence-electron chi connectivity index (χ0n) is 8.08. The van der Waals surface area contributed by atoms with E-state index in [0.29, 0.717) is 0 Å². The third kappa shape index (κ3) is 2.53. The maximum absolute atomic E-state index is 3.33. The van der Waals surface area contributed by atoms with Gasteiger partial charge >= 0.3 is 0 Å². The van der Waals surface area contributed by atoms with Crippen molar-refractivity contribution in [3.63, 3.8) is 0 Å². The Balaban J connectivity index is 4.19. The molecule has 4 nitrogen and oxygen atoms in total. The lowest BCUT2D eigenvalue weighted by Gasteiger charge is -2.37. The van der Waals surface area contributed by atoms with Gasteiger partial charge in [0.25, 0.3) is 0 Å². The molecule has 0 aliphatic carbocycles. The summed E-state index contributed by atoms with van der Waals surface area (Å²) in [6, 6.07) is 0. The third-order valence-electron chi connectivity index (χ3n) is 2.19. The fourth-order valence-corrected chi connectivity index (χ4v) is 1.67. The van der Waals surface area contributed by atoms with Gasteiger partial charge in [0.2, 0.25) is 0 Å². The molecule has 0 fully saturated rings. The quantitative estimate of drug-likeness (QED) is 0.278. The molecular weight excluding hydrogens is 156 g/mol. The van der Waals surface area contributed by atoms with Gasteiger partial charge < -0.3 is 20.9 Å². The SMILES string of the molecule is CNC(NC)C(C)(NC)N[SiH3]. The van der Waals surface area contributed by atoms with Crippen molar-refractivity contribution in [1.29, 1.82) is 0 Å². The van der Waals surface area contributed by atoms with Crippen LogP contribution in [0.5, 0.6) is 0 Å². The van der Waals surface area contributed by atoms with Crippen LogP contribution in [0.4, 0.5) is 0 Å². The van der Waals surface area contributed by atoms with E-state index in [9.17, 15) is 0 Å². The lowest BCUT2D eigenvalue weighted by molar-refractivity contribution is 0.237. The maximum atomic E-state index is 3.33. The summed E-state index contributed by atoms with van der Waals surface area (Å²) in [5.41, 5.74) is -0.0598. The van der Waals surface area contributed by atoms with Crippen molar-refractivity contribution in [2.75, 3.05) is 21.1 Å². The molecule has 0 saturated heterocycles. The van der Waals surface area contributed by atoms with Crippen molar-refractivity contribution in [3.05, 3.63) is 0 Å². The highest BCUT2D eigenvalue weighted by molar-refractivity contribution is 6.04. The predicted molar refractivity (Wildman–Crippen MR) is 52.4 cm³/mol. The van der Waals surface area contributed by atoms with Crippen molar-refractivity contribution in [3.8, 4) is 0 Å². The Bertz CT molecular complexity index is 101. The Kier molecular flexibility index (Phi) is 4.86. The van der Waals surface area contributed by atoms with Crippen LogP contribution >= 0.6 is 0 Å². The maximum Gasteiger partial charge on any atom is 0.0883 e. The zero-order valence-corrected chi connectivity index (χ0v) is 10.1. The van der Waals surface area contributed by atoms with Gasteiger partial charge in [0.05, 0.1) is 22.2 Å². The first-order chi connectivity index (χ1) is 5.14. The van der Waals surface area contributed by atoms with E-state index < -0.39 is 0 Å². The molecule has 0 spiro atoms. The lowest BCUT2D eigenvalue weighted by Crippen LogP contribution is -2.68. The largest absolute Gasteiger partial charge is 0.327 e. The van der Waals surface area contributed by atoms with Gasteiger partial charge in [-0.3, -0.25) is 0 Å². The summed E-state index contributed by atoms with van der Waals surface area (Å²) in [6.45, 7) is 2.12. The van der Waals surface area contributed by atoms with Gasteiger partial charge in [0, 0.05) is 0 Å². The summed E-state index contributed by atoms with van der Waals surface area (Å²) in [5.74, 6) is 0. The fourth-order valence-electron chi connectivity index (χ4n) is 1.14. The highest BCUT2D eigenvalue weighted by atomic mass is 28.2. The van der Waals surface area contributed by atoms with Crippen LogP contribution < -0.4 is 20.9 Å². The summed E-state index contributed by atoms with van der Waals surface area (Å²) in [6.07, 6.45) is 0.241. The Morgan fingerprint density at radius 1 is 1.18 bits per heavy atom. The van der Waals surface area contributed by atoms with Crippen LogP contribution in [-0.4, -0.2) is 43.4 Å². The Morgan fingerprint density at radius 3 is 1.73 bits per heavy atom. The Labute approximate surface area is 72.0 Å². The monoisotopic (exact) mass is 176 g/mol. The van der Waals surface area contributed by atoms with E-state index in [2.05, 4.69) is 27.9 Å². The number of nitrogens with one attached hydrogen (secondary N) is 4. The van der Waals surface area contributed by atoms with Crippen molar-refractivity contribution >= 4 is 10.4 Å². The Hall–Kier alpha value is 0.0569. The first kappa shape index (κ1) is 11.1. The molecule has 0 amide bonds. The molecule has 1 unspecified atom stereocenters. The standard InChI is InChI=1S/C6H20N4Si/c1-6(9-4,10-11)5(7-2)8-3/h5,7-10H,1-4,11H3. The van der Waals surface area contributed by atoms with Crippen molar-refractivity contribution in [2.45, 2.75) is 18.8 Å². The smallest absolute Gasteiger partial charge is 0.0883 e. The van der Waals surface area contributed by atoms with E-state index in [4.69, 9.17) is 0 Å². The van der Waals surface area contributed by atoms with Gasteiger partial charge in [-0.05, 0) is 28.1 Å². The predicted octanol–water partition coefficient (Wildman–Crippen LogP) is -2.44. The highest BCUT2D eigenvalue weighted by Crippen LogP contribution is 1.99. The van der Waals surface area contributed by atoms with Crippen LogP contribution in [0.25, 0.3) is 0 Å². The molecule has 4 N–H and O–H groups in total. The number of hydrogen-bond acceptors (Lipinski definition) is 4. The van der Waals surface area contributed by atoms with E-state index >= 15 is 0 Å². The molecule has 11 heavy (non-hydrogen) atoms. The number of rotatable bonds is 5. The molecule has 0 aliphatic heterocycles. The molecule has 0 bridgehead atoms. The van der Waals surface area contributed by atoms with Crippen molar-refractivity contribution < 1.29 is 0 Å². The summed E-state index contributed by atoms with van der Waals surface area (Å²) in [5, 5.41) is 9.59. The first-order valence-corrected chi connectivity index (χ1v) is 4.87. The van der Waals surface area contributed by atoms with E-state index in [-0.39, 0.29) is 11.8 Å². The normalized spacial score (nSPS) is 17.2. The lowest BCUT2D eigenvalue weighted by atomic mass is 10.1. The number of likely N-dealkylation sites (N-methyl/N-ethyl adjacent to an activating group) is 3. The zero-order chi connectivity index (χ0) is 8.91. The molecule has 0 radical (unpaired) electrons. The van der Waals surface area contributed by atoms with Crippen LogP contribution in [0.1, 0.15) is 6.92 Å². The average molecular weight is 176 g/mol. The molecule has 5 heteroatoms. The van der Waals surface area contributed by atoms with Crippen molar-refractivity contribution in [2.24, 2.45) is 0 Å². The second-order valence-corrected chi connectivity index (χ2v) is 3.21. The summed E-state index contributed by atoms with van der Waals surface area (Å²) >= 11 is 0. The fraction of sp³-hybridized carbons (Fsp3) is 1.00. The Morgan fingerprint density at radius 2 is 1.64 bits per heavy atom. The van der Waals surface area contributed by atoms with Crippen LogP contribution in [0.2, 0.25) is 0 Å². The van der Waals surface area contributed by atoms with Gasteiger partial charge in [0.1, 0.15) is 0 Å². The molecule has 0 aliphatic rings. The van der Waals surface area contributed by atoms with Crippen LogP contribution in [-0.2, 0) is 0 Å². The van der Waals surface area contributed by atoms with Gasteiger partial charge in [-0.2, -0.15) is 0 Å². The first-order valence-electron chi connectivity index (χ1n) is 3.87. The van der Waals surface area contributed by atoms with Gasteiger partial charge in [-0.1, -0.05) is 0 Å². The van der Waals surface area contributed by atoms with E-state index in [1.807, 2.05) is 21.1 Å². The highest BCUT2D eigenvalue weighted by Gasteiger charge is 2.27. The minimum absolute atomic E-state index is 0.0598. The third-order valence-corrected chi connectivity index (χ3v) is 3.23. The second-order valence-electron chi connectivity index (χ2n) is 2.71. The minimum Gasteiger partial charge on any atom is -0.327 e. The summed E-state index contributed by atoms with van der Waals surface area (Å²) in [4.78, 5) is 3.33. The second kappa shape index (κ2) is 4.84. The number of hydrogen-bond donors (Lipinski definition) is 4. The molecular formula is C6H20N4Si. The van der Waals surface area contributed by atoms with E-state index in [0.717, 1.165) is 10.4 Å². The molecule has 0 rings (SSSR count). The molecule has 1 atom stereocenters.